The zero-order valence-electron chi connectivity index (χ0n) is 27.9. The van der Waals surface area contributed by atoms with E-state index < -0.39 is 0 Å². The van der Waals surface area contributed by atoms with Gasteiger partial charge in [0.2, 0.25) is 0 Å². The van der Waals surface area contributed by atoms with E-state index in [4.69, 9.17) is 13.3 Å². The lowest BCUT2D eigenvalue weighted by Gasteiger charge is -2.26. The summed E-state index contributed by atoms with van der Waals surface area (Å²) in [5.74, 6) is 0. The summed E-state index contributed by atoms with van der Waals surface area (Å²) < 4.78 is 18.8. The molecule has 0 bridgehead atoms. The number of nitrogens with zero attached hydrogens (tertiary/aromatic N) is 1. The van der Waals surface area contributed by atoms with Crippen molar-refractivity contribution in [1.29, 1.82) is 0 Å². The molecule has 0 spiro atoms. The van der Waals surface area contributed by atoms with Crippen LogP contribution in [-0.4, -0.2) is 0 Å². The molecule has 0 unspecified atom stereocenters. The molecule has 244 valence electrons. The summed E-state index contributed by atoms with van der Waals surface area (Å²) in [7, 11) is 0. The average Bonchev–Trinajstić information content (AvgIpc) is 3.90. The van der Waals surface area contributed by atoms with Crippen LogP contribution in [0.1, 0.15) is 0 Å². The zero-order chi connectivity index (χ0) is 34.2. The Bertz CT molecular complexity index is 3110. The number of benzene rings is 8. The third-order valence-electron chi connectivity index (χ3n) is 10.3. The number of fused-ring (bicyclic) bond motifs is 10. The molecule has 0 aliphatic carbocycles. The number of rotatable bonds is 5. The van der Waals surface area contributed by atoms with Gasteiger partial charge in [0.15, 0.2) is 0 Å². The molecule has 0 atom stereocenters. The highest BCUT2D eigenvalue weighted by molar-refractivity contribution is 6.25. The van der Waals surface area contributed by atoms with Crippen molar-refractivity contribution in [3.05, 3.63) is 176 Å². The van der Waals surface area contributed by atoms with Crippen molar-refractivity contribution in [2.75, 3.05) is 4.90 Å². The van der Waals surface area contributed by atoms with Crippen molar-refractivity contribution in [3.8, 4) is 22.3 Å². The van der Waals surface area contributed by atoms with Crippen LogP contribution in [-0.2, 0) is 0 Å². The fourth-order valence-electron chi connectivity index (χ4n) is 7.89. The Kier molecular flexibility index (Phi) is 6.22. The average molecular weight is 668 g/mol. The van der Waals surface area contributed by atoms with Crippen LogP contribution in [0.2, 0.25) is 0 Å². The second-order valence-corrected chi connectivity index (χ2v) is 13.3. The third-order valence-corrected chi connectivity index (χ3v) is 10.3. The lowest BCUT2D eigenvalue weighted by atomic mass is 9.99. The number of para-hydroxylation sites is 3. The van der Waals surface area contributed by atoms with Crippen LogP contribution in [0.5, 0.6) is 0 Å². The quantitative estimate of drug-likeness (QED) is 0.183. The number of anilines is 3. The van der Waals surface area contributed by atoms with Crippen LogP contribution in [0, 0.1) is 0 Å². The first kappa shape index (κ1) is 28.8. The molecule has 4 heteroatoms. The van der Waals surface area contributed by atoms with Gasteiger partial charge in [0, 0.05) is 49.4 Å². The van der Waals surface area contributed by atoms with Gasteiger partial charge in [0.05, 0.1) is 0 Å². The molecule has 11 aromatic rings. The van der Waals surface area contributed by atoms with E-state index in [1.165, 1.54) is 0 Å². The van der Waals surface area contributed by atoms with Crippen LogP contribution >= 0.6 is 0 Å². The molecule has 4 nitrogen and oxygen atoms in total. The van der Waals surface area contributed by atoms with Crippen LogP contribution in [0.4, 0.5) is 17.1 Å². The van der Waals surface area contributed by atoms with Crippen molar-refractivity contribution >= 4 is 82.9 Å². The molecule has 11 rings (SSSR count). The Labute approximate surface area is 298 Å². The van der Waals surface area contributed by atoms with Gasteiger partial charge in [-0.3, -0.25) is 0 Å². The van der Waals surface area contributed by atoms with Crippen molar-refractivity contribution in [1.82, 2.24) is 0 Å². The van der Waals surface area contributed by atoms with E-state index in [0.29, 0.717) is 0 Å². The van der Waals surface area contributed by atoms with Gasteiger partial charge in [-0.1, -0.05) is 97.1 Å². The highest BCUT2D eigenvalue weighted by Crippen LogP contribution is 2.42. The lowest BCUT2D eigenvalue weighted by Crippen LogP contribution is -2.09. The summed E-state index contributed by atoms with van der Waals surface area (Å²) >= 11 is 0. The van der Waals surface area contributed by atoms with Crippen LogP contribution in [0.3, 0.4) is 0 Å². The largest absolute Gasteiger partial charge is 0.456 e. The van der Waals surface area contributed by atoms with Gasteiger partial charge in [-0.25, -0.2) is 0 Å². The second-order valence-electron chi connectivity index (χ2n) is 13.3. The minimum absolute atomic E-state index is 0.861. The summed E-state index contributed by atoms with van der Waals surface area (Å²) in [5.41, 5.74) is 13.1. The summed E-state index contributed by atoms with van der Waals surface area (Å²) in [6, 6.07) is 61.4. The zero-order valence-corrected chi connectivity index (χ0v) is 27.9. The Morgan fingerprint density at radius 3 is 1.44 bits per heavy atom. The smallest absolute Gasteiger partial charge is 0.136 e. The molecule has 0 saturated heterocycles. The van der Waals surface area contributed by atoms with Gasteiger partial charge in [-0.15, -0.1) is 0 Å². The van der Waals surface area contributed by atoms with E-state index in [-0.39, 0.29) is 0 Å². The minimum atomic E-state index is 0.861. The van der Waals surface area contributed by atoms with Gasteiger partial charge >= 0.3 is 0 Å². The number of hydrogen-bond donors (Lipinski definition) is 0. The summed E-state index contributed by atoms with van der Waals surface area (Å²) in [6.45, 7) is 0. The van der Waals surface area contributed by atoms with Crippen LogP contribution < -0.4 is 4.90 Å². The van der Waals surface area contributed by atoms with E-state index in [1.807, 2.05) is 42.5 Å². The Morgan fingerprint density at radius 2 is 0.769 bits per heavy atom. The Hall–Kier alpha value is -7.04. The third kappa shape index (κ3) is 4.41. The van der Waals surface area contributed by atoms with Crippen molar-refractivity contribution in [3.63, 3.8) is 0 Å². The number of hydrogen-bond acceptors (Lipinski definition) is 4. The molecular weight excluding hydrogens is 639 g/mol. The molecule has 3 aromatic heterocycles. The normalized spacial score (nSPS) is 11.8. The molecule has 0 amide bonds. The molecule has 0 saturated carbocycles. The standard InChI is InChI=1S/C48H29NO3/c1-2-9-33(10-3-1)49(35-24-19-31(20-25-35)36-13-8-16-42-46(36)37-11-4-6-14-40(37)50-42)34-22-17-30(18-23-34)32-21-26-39-45(29-32)52-44-28-27-43-47(48(39)44)38-12-5-7-15-41(38)51-43/h1-29H. The predicted octanol–water partition coefficient (Wildman–Crippen LogP) is 14.2. The molecule has 0 radical (unpaired) electrons. The van der Waals surface area contributed by atoms with Gasteiger partial charge in [0.25, 0.3) is 0 Å². The maximum absolute atomic E-state index is 6.45. The van der Waals surface area contributed by atoms with Crippen LogP contribution in [0.25, 0.3) is 88.1 Å². The maximum atomic E-state index is 6.45. The molecule has 52 heavy (non-hydrogen) atoms. The first-order chi connectivity index (χ1) is 25.8. The van der Waals surface area contributed by atoms with Gasteiger partial charge in [0.1, 0.15) is 33.5 Å². The highest BCUT2D eigenvalue weighted by Gasteiger charge is 2.18. The fraction of sp³-hybridized carbons (Fsp3) is 0. The number of furan rings is 3. The molecule has 0 aliphatic heterocycles. The van der Waals surface area contributed by atoms with E-state index in [9.17, 15) is 0 Å². The van der Waals surface area contributed by atoms with Crippen LogP contribution in [0.15, 0.2) is 189 Å². The van der Waals surface area contributed by atoms with E-state index in [2.05, 4.69) is 138 Å². The first-order valence-corrected chi connectivity index (χ1v) is 17.5. The SMILES string of the molecule is c1ccc(N(c2ccc(-c3ccc4c(c3)oc3ccc5oc6ccccc6c5c34)cc2)c2ccc(-c3cccc4oc5ccccc5c34)cc2)cc1. The van der Waals surface area contributed by atoms with E-state index >= 15 is 0 Å². The van der Waals surface area contributed by atoms with Gasteiger partial charge < -0.3 is 18.2 Å². The molecule has 0 N–H and O–H groups in total. The monoisotopic (exact) mass is 667 g/mol. The van der Waals surface area contributed by atoms with Crippen molar-refractivity contribution < 1.29 is 13.3 Å². The highest BCUT2D eigenvalue weighted by atomic mass is 16.3. The molecule has 3 heterocycles. The fourth-order valence-corrected chi connectivity index (χ4v) is 7.89. The molecular formula is C48H29NO3. The molecule has 0 aliphatic rings. The predicted molar refractivity (Wildman–Crippen MR) is 214 cm³/mol. The topological polar surface area (TPSA) is 42.7 Å². The maximum Gasteiger partial charge on any atom is 0.136 e. The second kappa shape index (κ2) is 11.2. The molecule has 0 fully saturated rings. The summed E-state index contributed by atoms with van der Waals surface area (Å²) in [6.07, 6.45) is 0. The van der Waals surface area contributed by atoms with Gasteiger partial charge in [-0.2, -0.15) is 0 Å². The minimum Gasteiger partial charge on any atom is -0.456 e. The Balaban J connectivity index is 0.964. The summed E-state index contributed by atoms with van der Waals surface area (Å²) in [4.78, 5) is 2.30. The Morgan fingerprint density at radius 1 is 0.288 bits per heavy atom. The lowest BCUT2D eigenvalue weighted by molar-refractivity contribution is 0.663. The van der Waals surface area contributed by atoms with E-state index in [0.717, 1.165) is 105 Å². The van der Waals surface area contributed by atoms with Gasteiger partial charge in [-0.05, 0) is 101 Å². The van der Waals surface area contributed by atoms with E-state index in [1.54, 1.807) is 0 Å². The van der Waals surface area contributed by atoms with Crippen molar-refractivity contribution in [2.24, 2.45) is 0 Å². The molecule has 8 aromatic carbocycles. The van der Waals surface area contributed by atoms with Crippen molar-refractivity contribution in [2.45, 2.75) is 0 Å². The first-order valence-electron chi connectivity index (χ1n) is 17.5. The summed E-state index contributed by atoms with van der Waals surface area (Å²) in [5, 5.41) is 6.66.